The van der Waals surface area contributed by atoms with E-state index in [0.717, 1.165) is 12.1 Å². The first-order valence-electron chi connectivity index (χ1n) is 9.21. The highest BCUT2D eigenvalue weighted by Gasteiger charge is 2.34. The van der Waals surface area contributed by atoms with E-state index in [1.54, 1.807) is 0 Å². The Bertz CT molecular complexity index is 785. The first-order chi connectivity index (χ1) is 13.2. The van der Waals surface area contributed by atoms with Crippen molar-refractivity contribution in [2.75, 3.05) is 7.11 Å². The van der Waals surface area contributed by atoms with E-state index in [0.29, 0.717) is 5.56 Å². The Hall–Kier alpha value is -2.27. The Labute approximate surface area is 171 Å². The zero-order valence-corrected chi connectivity index (χ0v) is 18.7. The van der Waals surface area contributed by atoms with Gasteiger partial charge in [-0.25, -0.2) is 4.79 Å². The molecule has 1 rings (SSSR count). The fourth-order valence-electron chi connectivity index (χ4n) is 2.14. The summed E-state index contributed by atoms with van der Waals surface area (Å²) in [4.78, 5) is 24.3. The molecular formula is C21H28F3NO3Si. The zero-order chi connectivity index (χ0) is 22.5. The van der Waals surface area contributed by atoms with E-state index < -0.39 is 37.7 Å². The van der Waals surface area contributed by atoms with Crippen molar-refractivity contribution in [1.29, 1.82) is 0 Å². The molecule has 1 aromatic rings. The molecule has 1 amide bonds. The maximum Gasteiger partial charge on any atom is 0.416 e. The van der Waals surface area contributed by atoms with E-state index >= 15 is 0 Å². The molecule has 0 aliphatic heterocycles. The van der Waals surface area contributed by atoms with Crippen molar-refractivity contribution in [1.82, 2.24) is 5.32 Å². The van der Waals surface area contributed by atoms with Gasteiger partial charge in [0.15, 0.2) is 0 Å². The second-order valence-electron chi connectivity index (χ2n) is 8.40. The SMILES string of the molecule is COC(=O)[C@H](CC#C[Si](C)(C)C(C)(C)C)NC(=O)Cc1ccc(C(F)(F)F)cc1. The minimum Gasteiger partial charge on any atom is -0.467 e. The Morgan fingerprint density at radius 3 is 2.14 bits per heavy atom. The lowest BCUT2D eigenvalue weighted by molar-refractivity contribution is -0.144. The summed E-state index contributed by atoms with van der Waals surface area (Å²) in [5.74, 6) is 1.91. The van der Waals surface area contributed by atoms with E-state index in [4.69, 9.17) is 4.74 Å². The number of alkyl halides is 3. The van der Waals surface area contributed by atoms with Gasteiger partial charge in [-0.2, -0.15) is 13.2 Å². The van der Waals surface area contributed by atoms with Gasteiger partial charge in [-0.3, -0.25) is 4.79 Å². The molecule has 0 bridgehead atoms. The third-order valence-corrected chi connectivity index (χ3v) is 9.60. The highest BCUT2D eigenvalue weighted by atomic mass is 28.3. The van der Waals surface area contributed by atoms with Crippen LogP contribution in [0.1, 0.15) is 38.3 Å². The smallest absolute Gasteiger partial charge is 0.416 e. The Morgan fingerprint density at radius 1 is 1.14 bits per heavy atom. The minimum absolute atomic E-state index is 0.0621. The van der Waals surface area contributed by atoms with Crippen LogP contribution in [0.4, 0.5) is 13.2 Å². The van der Waals surface area contributed by atoms with Crippen molar-refractivity contribution in [3.63, 3.8) is 0 Å². The summed E-state index contributed by atoms with van der Waals surface area (Å²) in [5, 5.41) is 2.63. The predicted molar refractivity (Wildman–Crippen MR) is 109 cm³/mol. The van der Waals surface area contributed by atoms with Crippen molar-refractivity contribution in [2.45, 2.75) is 64.0 Å². The third kappa shape index (κ3) is 7.57. The number of rotatable bonds is 5. The van der Waals surface area contributed by atoms with Gasteiger partial charge in [-0.1, -0.05) is 46.0 Å². The van der Waals surface area contributed by atoms with Crippen molar-refractivity contribution >= 4 is 20.0 Å². The number of esters is 1. The second kappa shape index (κ2) is 9.48. The maximum atomic E-state index is 12.6. The first kappa shape index (κ1) is 24.8. The fraction of sp³-hybridized carbons (Fsp3) is 0.524. The molecule has 0 saturated carbocycles. The number of carbonyl (C=O) groups excluding carboxylic acids is 2. The van der Waals surface area contributed by atoms with Gasteiger partial charge in [0, 0.05) is 6.42 Å². The van der Waals surface area contributed by atoms with Crippen molar-refractivity contribution in [3.8, 4) is 11.5 Å². The third-order valence-electron chi connectivity index (χ3n) is 5.05. The summed E-state index contributed by atoms with van der Waals surface area (Å²) < 4.78 is 42.6. The number of carbonyl (C=O) groups is 2. The summed E-state index contributed by atoms with van der Waals surface area (Å²) in [6, 6.07) is 3.40. The van der Waals surface area contributed by atoms with Gasteiger partial charge in [-0.15, -0.1) is 11.5 Å². The van der Waals surface area contributed by atoms with E-state index in [2.05, 4.69) is 50.6 Å². The average molecular weight is 428 g/mol. The van der Waals surface area contributed by atoms with Gasteiger partial charge in [0.05, 0.1) is 19.1 Å². The van der Waals surface area contributed by atoms with Gasteiger partial charge in [0.25, 0.3) is 0 Å². The van der Waals surface area contributed by atoms with Gasteiger partial charge >= 0.3 is 12.1 Å². The molecule has 0 unspecified atom stereocenters. The molecular weight excluding hydrogens is 399 g/mol. The second-order valence-corrected chi connectivity index (χ2v) is 13.4. The van der Waals surface area contributed by atoms with Crippen LogP contribution in [0.3, 0.4) is 0 Å². The number of hydrogen-bond donors (Lipinski definition) is 1. The normalized spacial score (nSPS) is 13.1. The lowest BCUT2D eigenvalue weighted by Gasteiger charge is -2.31. The molecule has 0 spiro atoms. The van der Waals surface area contributed by atoms with Gasteiger partial charge in [0.2, 0.25) is 5.91 Å². The van der Waals surface area contributed by atoms with Crippen LogP contribution in [0.2, 0.25) is 18.1 Å². The monoisotopic (exact) mass is 427 g/mol. The first-order valence-corrected chi connectivity index (χ1v) is 12.2. The molecule has 0 aliphatic carbocycles. The maximum absolute atomic E-state index is 12.6. The topological polar surface area (TPSA) is 55.4 Å². The largest absolute Gasteiger partial charge is 0.467 e. The van der Waals surface area contributed by atoms with Crippen LogP contribution in [0.25, 0.3) is 0 Å². The van der Waals surface area contributed by atoms with Crippen LogP contribution in [-0.4, -0.2) is 33.1 Å². The molecule has 8 heteroatoms. The molecule has 0 fully saturated rings. The van der Waals surface area contributed by atoms with Crippen LogP contribution in [0, 0.1) is 11.5 Å². The Morgan fingerprint density at radius 2 is 1.69 bits per heavy atom. The molecule has 1 atom stereocenters. The van der Waals surface area contributed by atoms with Crippen molar-refractivity contribution < 1.29 is 27.5 Å². The quantitative estimate of drug-likeness (QED) is 0.432. The molecule has 160 valence electrons. The van der Waals surface area contributed by atoms with Gasteiger partial charge in [-0.05, 0) is 22.7 Å². The molecule has 0 heterocycles. The van der Waals surface area contributed by atoms with E-state index in [-0.39, 0.29) is 17.9 Å². The Balaban J connectivity index is 2.81. The zero-order valence-electron chi connectivity index (χ0n) is 17.7. The molecule has 0 radical (unpaired) electrons. The lowest BCUT2D eigenvalue weighted by Crippen LogP contribution is -2.42. The standard InChI is InChI=1S/C21H28F3NO3Si/c1-20(2,3)29(5,6)13-7-8-17(19(27)28-4)25-18(26)14-15-9-11-16(12-10-15)21(22,23)24/h9-12,17H,8,14H2,1-6H3,(H,25,26)/t17-/m0/s1. The Kier molecular flexibility index (Phi) is 8.10. The van der Waals surface area contributed by atoms with Crippen LogP contribution in [0.5, 0.6) is 0 Å². The molecule has 4 nitrogen and oxygen atoms in total. The van der Waals surface area contributed by atoms with Crippen LogP contribution in [0.15, 0.2) is 24.3 Å². The average Bonchev–Trinajstić information content (AvgIpc) is 2.58. The van der Waals surface area contributed by atoms with E-state index in [9.17, 15) is 22.8 Å². The minimum atomic E-state index is -4.43. The van der Waals surface area contributed by atoms with Gasteiger partial charge < -0.3 is 10.1 Å². The molecule has 1 aromatic carbocycles. The summed E-state index contributed by atoms with van der Waals surface area (Å²) in [6.45, 7) is 10.6. The lowest BCUT2D eigenvalue weighted by atomic mass is 10.1. The van der Waals surface area contributed by atoms with Crippen LogP contribution >= 0.6 is 0 Å². The van der Waals surface area contributed by atoms with Gasteiger partial charge in [0.1, 0.15) is 14.1 Å². The molecule has 0 saturated heterocycles. The van der Waals surface area contributed by atoms with Crippen molar-refractivity contribution in [2.24, 2.45) is 0 Å². The van der Waals surface area contributed by atoms with E-state index in [1.165, 1.54) is 19.2 Å². The summed E-state index contributed by atoms with van der Waals surface area (Å²) in [7, 11) is -0.635. The number of benzene rings is 1. The summed E-state index contributed by atoms with van der Waals surface area (Å²) in [6.07, 6.45) is -4.47. The molecule has 29 heavy (non-hydrogen) atoms. The predicted octanol–water partition coefficient (Wildman–Crippen LogP) is 4.35. The number of methoxy groups -OCH3 is 1. The summed E-state index contributed by atoms with van der Waals surface area (Å²) >= 11 is 0. The summed E-state index contributed by atoms with van der Waals surface area (Å²) in [5.41, 5.74) is 2.90. The number of nitrogens with one attached hydrogen (secondary N) is 1. The number of ether oxygens (including phenoxy) is 1. The fourth-order valence-corrected chi connectivity index (χ4v) is 3.06. The molecule has 0 aromatic heterocycles. The highest BCUT2D eigenvalue weighted by molar-refractivity contribution is 6.87. The van der Waals surface area contributed by atoms with E-state index in [1.807, 2.05) is 0 Å². The van der Waals surface area contributed by atoms with Crippen molar-refractivity contribution in [3.05, 3.63) is 35.4 Å². The number of hydrogen-bond acceptors (Lipinski definition) is 3. The van der Waals surface area contributed by atoms with Crippen LogP contribution < -0.4 is 5.32 Å². The molecule has 1 N–H and O–H groups in total. The number of amides is 1. The molecule has 0 aliphatic rings. The highest BCUT2D eigenvalue weighted by Crippen LogP contribution is 2.35. The van der Waals surface area contributed by atoms with Crippen LogP contribution in [-0.2, 0) is 26.9 Å². The number of halogens is 3.